The maximum Gasteiger partial charge on any atom is 0.490 e. The Hall–Kier alpha value is -2.18. The van der Waals surface area contributed by atoms with E-state index in [1.165, 1.54) is 12.6 Å². The second-order valence-corrected chi connectivity index (χ2v) is 7.79. The molecule has 0 aliphatic carbocycles. The van der Waals surface area contributed by atoms with E-state index >= 15 is 0 Å². The van der Waals surface area contributed by atoms with Crippen LogP contribution in [0.1, 0.15) is 36.2 Å². The molecule has 1 aromatic heterocycles. The number of rotatable bonds is 3. The molecule has 3 aliphatic heterocycles. The summed E-state index contributed by atoms with van der Waals surface area (Å²) in [5, 5.41) is 13.9. The van der Waals surface area contributed by atoms with Crippen molar-refractivity contribution < 1.29 is 41.9 Å². The van der Waals surface area contributed by atoms with Gasteiger partial charge in [0.05, 0.1) is 18.3 Å². The molecule has 0 radical (unpaired) electrons. The highest BCUT2D eigenvalue weighted by Crippen LogP contribution is 2.31. The molecule has 3 atom stereocenters. The highest BCUT2D eigenvalue weighted by molar-refractivity contribution is 5.91. The average molecular weight is 449 g/mol. The number of alkyl halides is 3. The lowest BCUT2D eigenvalue weighted by Gasteiger charge is -2.48. The lowest BCUT2D eigenvalue weighted by Crippen LogP contribution is -2.63. The molecular weight excluding hydrogens is 423 g/mol. The lowest BCUT2D eigenvalue weighted by atomic mass is 9.84. The number of halogens is 3. The predicted molar refractivity (Wildman–Crippen MR) is 99.3 cm³/mol. The molecule has 1 amide bonds. The zero-order chi connectivity index (χ0) is 22.4. The molecule has 4 heterocycles. The first-order valence-corrected chi connectivity index (χ1v) is 10.2. The molecule has 0 saturated carbocycles. The summed E-state index contributed by atoms with van der Waals surface area (Å²) in [5.74, 6) is -2.23. The second-order valence-electron chi connectivity index (χ2n) is 7.79. The van der Waals surface area contributed by atoms with Gasteiger partial charge in [0.25, 0.3) is 5.91 Å². The van der Waals surface area contributed by atoms with E-state index in [1.807, 2.05) is 0 Å². The van der Waals surface area contributed by atoms with Crippen molar-refractivity contribution in [3.05, 3.63) is 18.0 Å². The van der Waals surface area contributed by atoms with Crippen LogP contribution in [0.15, 0.2) is 16.8 Å². The quantitative estimate of drug-likeness (QED) is 0.717. The Kier molecular flexibility index (Phi) is 7.89. The van der Waals surface area contributed by atoms with Gasteiger partial charge in [-0.1, -0.05) is 5.16 Å². The molecule has 3 fully saturated rings. The fraction of sp³-hybridized carbons (Fsp3) is 0.737. The zero-order valence-corrected chi connectivity index (χ0v) is 16.8. The van der Waals surface area contributed by atoms with Crippen LogP contribution in [0.5, 0.6) is 0 Å². The van der Waals surface area contributed by atoms with E-state index < -0.39 is 12.1 Å². The second kappa shape index (κ2) is 10.4. The van der Waals surface area contributed by atoms with Crippen LogP contribution in [0.2, 0.25) is 0 Å². The first kappa shape index (κ1) is 23.5. The van der Waals surface area contributed by atoms with Crippen molar-refractivity contribution in [2.24, 2.45) is 5.92 Å². The van der Waals surface area contributed by atoms with Crippen LogP contribution in [0.25, 0.3) is 0 Å². The first-order chi connectivity index (χ1) is 14.8. The number of aromatic nitrogens is 1. The van der Waals surface area contributed by atoms with Gasteiger partial charge in [0.15, 0.2) is 0 Å². The van der Waals surface area contributed by atoms with Crippen LogP contribution >= 0.6 is 0 Å². The van der Waals surface area contributed by atoms with Crippen molar-refractivity contribution in [1.29, 1.82) is 0 Å². The summed E-state index contributed by atoms with van der Waals surface area (Å²) >= 11 is 0. The van der Waals surface area contributed by atoms with Gasteiger partial charge in [-0.25, -0.2) is 4.79 Å². The minimum absolute atomic E-state index is 0.00973. The van der Waals surface area contributed by atoms with E-state index in [0.29, 0.717) is 12.0 Å². The molecule has 3 saturated heterocycles. The van der Waals surface area contributed by atoms with Gasteiger partial charge in [0, 0.05) is 45.0 Å². The molecule has 2 N–H and O–H groups in total. The van der Waals surface area contributed by atoms with E-state index in [0.717, 1.165) is 52.2 Å². The van der Waals surface area contributed by atoms with Crippen LogP contribution in [-0.2, 0) is 14.3 Å². The third-order valence-electron chi connectivity index (χ3n) is 5.72. The minimum atomic E-state index is -5.08. The first-order valence-electron chi connectivity index (χ1n) is 10.2. The Morgan fingerprint density at radius 2 is 1.87 bits per heavy atom. The number of carboxylic acids is 1. The van der Waals surface area contributed by atoms with Crippen molar-refractivity contribution in [1.82, 2.24) is 15.4 Å². The average Bonchev–Trinajstić information content (AvgIpc) is 3.29. The largest absolute Gasteiger partial charge is 0.490 e. The number of hydrogen-bond acceptors (Lipinski definition) is 7. The number of carbonyl (C=O) groups excluding carboxylic acids is 1. The van der Waals surface area contributed by atoms with Crippen molar-refractivity contribution >= 4 is 11.9 Å². The van der Waals surface area contributed by atoms with Crippen LogP contribution < -0.4 is 5.32 Å². The standard InChI is InChI=1S/C17H25N3O4.C2HF3O2/c21-17(15-3-6-18-24-15)19-14-11-20(13-4-8-22-9-5-13)10-12-2-1-7-23-16(12)14;3-2(4,5)1(6)7/h3,6,12-14,16H,1-2,4-5,7-11H2,(H,19,21);(H,6,7)/t12-,14+,16-;/m0./s1. The summed E-state index contributed by atoms with van der Waals surface area (Å²) in [6, 6.07) is 2.13. The number of fused-ring (bicyclic) bond motifs is 1. The van der Waals surface area contributed by atoms with Gasteiger partial charge >= 0.3 is 12.1 Å². The Balaban J connectivity index is 0.000000339. The Morgan fingerprint density at radius 3 is 2.48 bits per heavy atom. The van der Waals surface area contributed by atoms with Gasteiger partial charge in [-0.3, -0.25) is 9.69 Å². The Labute approximate surface area is 176 Å². The number of amides is 1. The van der Waals surface area contributed by atoms with E-state index in [-0.39, 0.29) is 23.8 Å². The molecule has 174 valence electrons. The van der Waals surface area contributed by atoms with Gasteiger partial charge in [-0.2, -0.15) is 13.2 Å². The number of nitrogens with one attached hydrogen (secondary N) is 1. The molecule has 1 aromatic rings. The van der Waals surface area contributed by atoms with E-state index in [4.69, 9.17) is 23.9 Å². The fourth-order valence-electron chi connectivity index (χ4n) is 4.29. The van der Waals surface area contributed by atoms with Gasteiger partial charge in [-0.15, -0.1) is 0 Å². The topological polar surface area (TPSA) is 114 Å². The third kappa shape index (κ3) is 6.40. The zero-order valence-electron chi connectivity index (χ0n) is 16.8. The summed E-state index contributed by atoms with van der Waals surface area (Å²) < 4.78 is 48.3. The van der Waals surface area contributed by atoms with E-state index in [2.05, 4.69) is 15.4 Å². The van der Waals surface area contributed by atoms with Crippen molar-refractivity contribution in [2.45, 2.75) is 50.0 Å². The van der Waals surface area contributed by atoms with Gasteiger partial charge in [0.2, 0.25) is 5.76 Å². The number of piperidine rings is 1. The SMILES string of the molecule is O=C(N[C@@H]1CN(C2CCOCC2)C[C@@H]2CCCO[C@@H]21)c1ccno1.O=C(O)C(F)(F)F. The molecular formula is C19H26F3N3O6. The van der Waals surface area contributed by atoms with E-state index in [1.54, 1.807) is 6.07 Å². The third-order valence-corrected chi connectivity index (χ3v) is 5.72. The molecule has 12 heteroatoms. The number of hydrogen-bond donors (Lipinski definition) is 2. The minimum Gasteiger partial charge on any atom is -0.475 e. The summed E-state index contributed by atoms with van der Waals surface area (Å²) in [4.78, 5) is 23.8. The predicted octanol–water partition coefficient (Wildman–Crippen LogP) is 1.70. The molecule has 0 unspecified atom stereocenters. The van der Waals surface area contributed by atoms with Crippen LogP contribution in [0.3, 0.4) is 0 Å². The van der Waals surface area contributed by atoms with Gasteiger partial charge < -0.3 is 24.4 Å². The number of likely N-dealkylation sites (tertiary alicyclic amines) is 1. The monoisotopic (exact) mass is 449 g/mol. The van der Waals surface area contributed by atoms with Crippen molar-refractivity contribution in [3.63, 3.8) is 0 Å². The number of ether oxygens (including phenoxy) is 2. The molecule has 9 nitrogen and oxygen atoms in total. The highest BCUT2D eigenvalue weighted by atomic mass is 19.4. The maximum absolute atomic E-state index is 12.4. The number of carbonyl (C=O) groups is 2. The van der Waals surface area contributed by atoms with Crippen LogP contribution in [0.4, 0.5) is 13.2 Å². The lowest BCUT2D eigenvalue weighted by molar-refractivity contribution is -0.192. The summed E-state index contributed by atoms with van der Waals surface area (Å²) in [6.07, 6.45) is 0.915. The molecule has 0 bridgehead atoms. The normalized spacial score (nSPS) is 27.5. The van der Waals surface area contributed by atoms with E-state index in [9.17, 15) is 18.0 Å². The fourth-order valence-corrected chi connectivity index (χ4v) is 4.29. The smallest absolute Gasteiger partial charge is 0.475 e. The molecule has 3 aliphatic rings. The van der Waals surface area contributed by atoms with Crippen LogP contribution in [-0.4, -0.2) is 84.3 Å². The van der Waals surface area contributed by atoms with Crippen molar-refractivity contribution in [3.8, 4) is 0 Å². The summed E-state index contributed by atoms with van der Waals surface area (Å²) in [7, 11) is 0. The maximum atomic E-state index is 12.4. The van der Waals surface area contributed by atoms with Gasteiger partial charge in [0.1, 0.15) is 0 Å². The van der Waals surface area contributed by atoms with Gasteiger partial charge in [-0.05, 0) is 31.6 Å². The van der Waals surface area contributed by atoms with Crippen molar-refractivity contribution in [2.75, 3.05) is 32.9 Å². The Morgan fingerprint density at radius 1 is 1.16 bits per heavy atom. The molecule has 0 aromatic carbocycles. The molecule has 0 spiro atoms. The molecule has 31 heavy (non-hydrogen) atoms. The summed E-state index contributed by atoms with van der Waals surface area (Å²) in [6.45, 7) is 4.34. The number of nitrogens with zero attached hydrogens (tertiary/aromatic N) is 2. The molecule has 4 rings (SSSR count). The number of carboxylic acid groups (broad SMARTS) is 1. The summed E-state index contributed by atoms with van der Waals surface area (Å²) in [5.41, 5.74) is 0. The number of aliphatic carboxylic acids is 1. The Bertz CT molecular complexity index is 724. The van der Waals surface area contributed by atoms with Crippen LogP contribution in [0, 0.1) is 5.92 Å². The highest BCUT2D eigenvalue weighted by Gasteiger charge is 2.42.